The quantitative estimate of drug-likeness (QED) is 0.548. The van der Waals surface area contributed by atoms with Crippen molar-refractivity contribution < 1.29 is 9.47 Å². The maximum absolute atomic E-state index is 7.76. The highest BCUT2D eigenvalue weighted by molar-refractivity contribution is 5.82. The van der Waals surface area contributed by atoms with Crippen LogP contribution >= 0.6 is 0 Å². The van der Waals surface area contributed by atoms with Gasteiger partial charge in [0.15, 0.2) is 0 Å². The van der Waals surface area contributed by atoms with Crippen molar-refractivity contribution in [2.24, 2.45) is 5.41 Å². The van der Waals surface area contributed by atoms with Crippen molar-refractivity contribution in [3.8, 4) is 0 Å². The third-order valence-corrected chi connectivity index (χ3v) is 3.42. The minimum Gasteiger partial charge on any atom is -0.482 e. The van der Waals surface area contributed by atoms with Crippen molar-refractivity contribution in [1.29, 1.82) is 5.41 Å². The molecular formula is C11H21NO2. The van der Waals surface area contributed by atoms with Crippen LogP contribution in [0, 0.1) is 10.8 Å². The van der Waals surface area contributed by atoms with Crippen LogP contribution in [0.2, 0.25) is 0 Å². The van der Waals surface area contributed by atoms with Gasteiger partial charge in [0.25, 0.3) is 0 Å². The second-order valence-electron chi connectivity index (χ2n) is 4.90. The summed E-state index contributed by atoms with van der Waals surface area (Å²) >= 11 is 0. The first kappa shape index (κ1) is 11.5. The summed E-state index contributed by atoms with van der Waals surface area (Å²) in [6.45, 7) is 4.53. The SMILES string of the molecule is COC(=N)C1(OC)CCC(C)(C)CC1. The van der Waals surface area contributed by atoms with Gasteiger partial charge in [-0.15, -0.1) is 0 Å². The molecule has 1 aliphatic rings. The average Bonchev–Trinajstić information content (AvgIpc) is 2.18. The molecule has 3 heteroatoms. The molecule has 1 N–H and O–H groups in total. The van der Waals surface area contributed by atoms with Gasteiger partial charge in [0.1, 0.15) is 5.60 Å². The zero-order valence-electron chi connectivity index (χ0n) is 9.64. The summed E-state index contributed by atoms with van der Waals surface area (Å²) in [5, 5.41) is 7.76. The Morgan fingerprint density at radius 2 is 1.57 bits per heavy atom. The fourth-order valence-corrected chi connectivity index (χ4v) is 2.04. The van der Waals surface area contributed by atoms with Gasteiger partial charge in [-0.25, -0.2) is 0 Å². The van der Waals surface area contributed by atoms with Crippen molar-refractivity contribution in [3.05, 3.63) is 0 Å². The Labute approximate surface area is 86.3 Å². The second kappa shape index (κ2) is 3.89. The van der Waals surface area contributed by atoms with Gasteiger partial charge in [-0.1, -0.05) is 13.8 Å². The summed E-state index contributed by atoms with van der Waals surface area (Å²) in [5.74, 6) is 0.274. The molecule has 1 rings (SSSR count). The predicted octanol–water partition coefficient (Wildman–Crippen LogP) is 2.60. The standard InChI is InChI=1S/C11H21NO2/c1-10(2)5-7-11(14-4,8-6-10)9(12)13-3/h12H,5-8H2,1-4H3. The molecule has 0 aromatic heterocycles. The van der Waals surface area contributed by atoms with Crippen LogP contribution in [-0.4, -0.2) is 25.7 Å². The Morgan fingerprint density at radius 3 is 1.93 bits per heavy atom. The highest BCUT2D eigenvalue weighted by Gasteiger charge is 2.42. The second-order valence-corrected chi connectivity index (χ2v) is 4.90. The highest BCUT2D eigenvalue weighted by Crippen LogP contribution is 2.42. The molecule has 82 valence electrons. The molecule has 0 spiro atoms. The van der Waals surface area contributed by atoms with E-state index < -0.39 is 5.60 Å². The molecule has 0 aromatic rings. The molecule has 1 fully saturated rings. The van der Waals surface area contributed by atoms with Crippen molar-refractivity contribution in [1.82, 2.24) is 0 Å². The summed E-state index contributed by atoms with van der Waals surface area (Å²) in [7, 11) is 3.22. The number of rotatable bonds is 2. The Kier molecular flexibility index (Phi) is 3.20. The summed E-state index contributed by atoms with van der Waals surface area (Å²) in [6, 6.07) is 0. The van der Waals surface area contributed by atoms with Crippen molar-refractivity contribution in [2.45, 2.75) is 45.1 Å². The van der Waals surface area contributed by atoms with E-state index in [0.717, 1.165) is 25.7 Å². The van der Waals surface area contributed by atoms with Crippen LogP contribution in [0.4, 0.5) is 0 Å². The van der Waals surface area contributed by atoms with Crippen LogP contribution in [-0.2, 0) is 9.47 Å². The van der Waals surface area contributed by atoms with Gasteiger partial charge in [-0.3, -0.25) is 5.41 Å². The normalized spacial score (nSPS) is 24.3. The molecule has 1 saturated carbocycles. The largest absolute Gasteiger partial charge is 0.482 e. The topological polar surface area (TPSA) is 42.3 Å². The maximum atomic E-state index is 7.76. The molecule has 0 radical (unpaired) electrons. The van der Waals surface area contributed by atoms with E-state index in [1.54, 1.807) is 14.2 Å². The van der Waals surface area contributed by atoms with Gasteiger partial charge in [-0.05, 0) is 31.1 Å². The molecular weight excluding hydrogens is 178 g/mol. The first-order valence-electron chi connectivity index (χ1n) is 5.14. The third kappa shape index (κ3) is 2.08. The number of nitrogens with one attached hydrogen (secondary N) is 1. The van der Waals surface area contributed by atoms with E-state index in [1.165, 1.54) is 0 Å². The fraction of sp³-hybridized carbons (Fsp3) is 0.909. The van der Waals surface area contributed by atoms with E-state index in [0.29, 0.717) is 5.41 Å². The summed E-state index contributed by atoms with van der Waals surface area (Å²) < 4.78 is 10.5. The zero-order chi connectivity index (χ0) is 10.8. The zero-order valence-corrected chi connectivity index (χ0v) is 9.64. The summed E-state index contributed by atoms with van der Waals surface area (Å²) in [5.41, 5.74) is -0.0691. The van der Waals surface area contributed by atoms with Gasteiger partial charge < -0.3 is 9.47 Å². The Hall–Kier alpha value is -0.570. The lowest BCUT2D eigenvalue weighted by Crippen LogP contribution is -2.46. The van der Waals surface area contributed by atoms with Crippen LogP contribution in [0.25, 0.3) is 0 Å². The number of ether oxygens (including phenoxy) is 2. The van der Waals surface area contributed by atoms with E-state index in [-0.39, 0.29) is 5.90 Å². The number of methoxy groups -OCH3 is 2. The monoisotopic (exact) mass is 199 g/mol. The smallest absolute Gasteiger partial charge is 0.213 e. The van der Waals surface area contributed by atoms with Crippen LogP contribution < -0.4 is 0 Å². The molecule has 0 aliphatic heterocycles. The van der Waals surface area contributed by atoms with Crippen molar-refractivity contribution >= 4 is 5.90 Å². The summed E-state index contributed by atoms with van der Waals surface area (Å²) in [6.07, 6.45) is 3.96. The van der Waals surface area contributed by atoms with E-state index in [2.05, 4.69) is 13.8 Å². The van der Waals surface area contributed by atoms with Gasteiger partial charge in [-0.2, -0.15) is 0 Å². The molecule has 0 bridgehead atoms. The summed E-state index contributed by atoms with van der Waals surface area (Å²) in [4.78, 5) is 0. The van der Waals surface area contributed by atoms with E-state index in [1.807, 2.05) is 0 Å². The first-order chi connectivity index (χ1) is 6.46. The lowest BCUT2D eigenvalue weighted by atomic mass is 9.71. The van der Waals surface area contributed by atoms with E-state index in [4.69, 9.17) is 14.9 Å². The third-order valence-electron chi connectivity index (χ3n) is 3.42. The molecule has 0 heterocycles. The van der Waals surface area contributed by atoms with Gasteiger partial charge in [0.05, 0.1) is 7.11 Å². The fourth-order valence-electron chi connectivity index (χ4n) is 2.04. The number of hydrogen-bond donors (Lipinski definition) is 1. The molecule has 0 saturated heterocycles. The number of hydrogen-bond acceptors (Lipinski definition) is 3. The minimum absolute atomic E-state index is 0.274. The van der Waals surface area contributed by atoms with Crippen molar-refractivity contribution in [3.63, 3.8) is 0 Å². The average molecular weight is 199 g/mol. The van der Waals surface area contributed by atoms with Crippen LogP contribution in [0.3, 0.4) is 0 Å². The van der Waals surface area contributed by atoms with Crippen LogP contribution in [0.1, 0.15) is 39.5 Å². The lowest BCUT2D eigenvalue weighted by molar-refractivity contribution is -0.0232. The molecule has 0 unspecified atom stereocenters. The van der Waals surface area contributed by atoms with Crippen LogP contribution in [0.5, 0.6) is 0 Å². The Balaban J connectivity index is 2.71. The predicted molar refractivity (Wildman–Crippen MR) is 56.7 cm³/mol. The van der Waals surface area contributed by atoms with Crippen molar-refractivity contribution in [2.75, 3.05) is 14.2 Å². The van der Waals surface area contributed by atoms with E-state index >= 15 is 0 Å². The minimum atomic E-state index is -0.454. The first-order valence-corrected chi connectivity index (χ1v) is 5.14. The maximum Gasteiger partial charge on any atom is 0.213 e. The Morgan fingerprint density at radius 1 is 1.07 bits per heavy atom. The molecule has 1 aliphatic carbocycles. The van der Waals surface area contributed by atoms with Crippen LogP contribution in [0.15, 0.2) is 0 Å². The molecule has 14 heavy (non-hydrogen) atoms. The van der Waals surface area contributed by atoms with Gasteiger partial charge >= 0.3 is 0 Å². The molecule has 0 atom stereocenters. The lowest BCUT2D eigenvalue weighted by Gasteiger charge is -2.41. The van der Waals surface area contributed by atoms with E-state index in [9.17, 15) is 0 Å². The van der Waals surface area contributed by atoms with Gasteiger partial charge in [0.2, 0.25) is 5.90 Å². The Bertz CT molecular complexity index is 213. The van der Waals surface area contributed by atoms with Gasteiger partial charge in [0, 0.05) is 7.11 Å². The molecule has 0 amide bonds. The molecule has 0 aromatic carbocycles. The molecule has 3 nitrogen and oxygen atoms in total. The highest BCUT2D eigenvalue weighted by atomic mass is 16.5.